The fraction of sp³-hybridized carbons (Fsp3) is 0.889. The van der Waals surface area contributed by atoms with E-state index >= 15 is 0 Å². The molecule has 2 N–H and O–H groups in total. The molecule has 78 valence electrons. The summed E-state index contributed by atoms with van der Waals surface area (Å²) in [6.45, 7) is 4.05. The molecule has 0 fully saturated rings. The predicted molar refractivity (Wildman–Crippen MR) is 51.6 cm³/mol. The van der Waals surface area contributed by atoms with Gasteiger partial charge in [0.25, 0.3) is 0 Å². The molecule has 0 aliphatic rings. The number of quaternary nitrogens is 1. The first-order chi connectivity index (χ1) is 5.72. The van der Waals surface area contributed by atoms with E-state index in [-0.39, 0.29) is 10.6 Å². The Morgan fingerprint density at radius 1 is 1.38 bits per heavy atom. The molecule has 4 nitrogen and oxygen atoms in total. The number of hydroxylamine groups is 3. The van der Waals surface area contributed by atoms with Crippen LogP contribution in [0, 0.1) is 5.92 Å². The third-order valence-corrected chi connectivity index (χ3v) is 1.39. The molecule has 0 bridgehead atoms. The highest BCUT2D eigenvalue weighted by molar-refractivity contribution is 5.74. The van der Waals surface area contributed by atoms with Crippen molar-refractivity contribution in [2.45, 2.75) is 26.3 Å². The molecule has 0 amide bonds. The van der Waals surface area contributed by atoms with Gasteiger partial charge in [0.05, 0.1) is 0 Å². The monoisotopic (exact) mass is 189 g/mol. The molecule has 0 rings (SSSR count). The Kier molecular flexibility index (Phi) is 4.36. The molecular weight excluding hydrogens is 168 g/mol. The highest BCUT2D eigenvalue weighted by atomic mass is 16.7. The van der Waals surface area contributed by atoms with Gasteiger partial charge >= 0.3 is 5.97 Å². The van der Waals surface area contributed by atoms with Gasteiger partial charge in [-0.05, 0) is 12.3 Å². The van der Waals surface area contributed by atoms with Crippen LogP contribution in [0.25, 0.3) is 0 Å². The van der Waals surface area contributed by atoms with Crippen molar-refractivity contribution >= 4 is 5.97 Å². The topological polar surface area (TPSA) is 52.3 Å². The van der Waals surface area contributed by atoms with Crippen molar-refractivity contribution in [3.05, 3.63) is 0 Å². The van der Waals surface area contributed by atoms with E-state index in [1.165, 1.54) is 0 Å². The molecule has 0 aromatic rings. The second-order valence-electron chi connectivity index (χ2n) is 4.54. The van der Waals surface area contributed by atoms with E-state index in [0.717, 1.165) is 0 Å². The molecule has 0 saturated heterocycles. The van der Waals surface area contributed by atoms with Crippen LogP contribution in [0.4, 0.5) is 0 Å². The van der Waals surface area contributed by atoms with Crippen molar-refractivity contribution in [3.8, 4) is 0 Å². The summed E-state index contributed by atoms with van der Waals surface area (Å²) in [7, 11) is 5.33. The van der Waals surface area contributed by atoms with E-state index in [1.807, 2.05) is 13.8 Å². The smallest absolute Gasteiger partial charge is 0.318 e. The van der Waals surface area contributed by atoms with Gasteiger partial charge in [-0.25, -0.2) is 4.79 Å². The Morgan fingerprint density at radius 3 is 2.15 bits per heavy atom. The van der Waals surface area contributed by atoms with E-state index in [9.17, 15) is 4.79 Å². The molecule has 0 aliphatic heterocycles. The number of hydrogen-bond donors (Lipinski definition) is 1. The summed E-state index contributed by atoms with van der Waals surface area (Å²) < 4.78 is 0.157. The fourth-order valence-electron chi connectivity index (χ4n) is 0.942. The minimum absolute atomic E-state index is 0.157. The molecule has 13 heavy (non-hydrogen) atoms. The first kappa shape index (κ1) is 12.4. The number of carbonyl (C=O) groups excluding carboxylic acids is 1. The van der Waals surface area contributed by atoms with E-state index in [2.05, 4.69) is 0 Å². The maximum Gasteiger partial charge on any atom is 0.383 e. The predicted octanol–water partition coefficient (Wildman–Crippen LogP) is 0.524. The SMILES string of the molecule is CC(C)CC(N)C(=O)O[N+](C)(C)C. The van der Waals surface area contributed by atoms with Crippen molar-refractivity contribution in [1.29, 1.82) is 0 Å². The van der Waals surface area contributed by atoms with Gasteiger partial charge in [-0.3, -0.25) is 4.84 Å². The summed E-state index contributed by atoms with van der Waals surface area (Å²) in [4.78, 5) is 16.4. The maximum absolute atomic E-state index is 11.3. The van der Waals surface area contributed by atoms with E-state index in [0.29, 0.717) is 12.3 Å². The minimum Gasteiger partial charge on any atom is -0.318 e. The standard InChI is InChI=1S/C9H21N2O2/c1-7(2)6-8(10)9(12)13-11(3,4)5/h7-8H,6,10H2,1-5H3/q+1. The Hall–Kier alpha value is -0.610. The number of carbonyl (C=O) groups is 1. The molecule has 0 saturated carbocycles. The number of nitrogens with two attached hydrogens (primary N) is 1. The van der Waals surface area contributed by atoms with E-state index < -0.39 is 6.04 Å². The summed E-state index contributed by atoms with van der Waals surface area (Å²) in [5, 5.41) is 0. The lowest BCUT2D eigenvalue weighted by molar-refractivity contribution is -1.04. The quantitative estimate of drug-likeness (QED) is 0.518. The number of rotatable bonds is 4. The van der Waals surface area contributed by atoms with Crippen molar-refractivity contribution in [1.82, 2.24) is 0 Å². The van der Waals surface area contributed by atoms with Crippen molar-refractivity contribution in [2.75, 3.05) is 21.1 Å². The van der Waals surface area contributed by atoms with Crippen LogP contribution in [0.15, 0.2) is 0 Å². The lowest BCUT2D eigenvalue weighted by Gasteiger charge is -2.22. The van der Waals surface area contributed by atoms with Crippen molar-refractivity contribution in [2.24, 2.45) is 11.7 Å². The fourth-order valence-corrected chi connectivity index (χ4v) is 0.942. The van der Waals surface area contributed by atoms with Crippen LogP contribution in [-0.4, -0.2) is 37.8 Å². The van der Waals surface area contributed by atoms with Crippen LogP contribution in [-0.2, 0) is 9.63 Å². The van der Waals surface area contributed by atoms with Crippen molar-refractivity contribution < 1.29 is 14.3 Å². The molecule has 0 aromatic heterocycles. The largest absolute Gasteiger partial charge is 0.383 e. The highest BCUT2D eigenvalue weighted by Gasteiger charge is 2.23. The average molecular weight is 189 g/mol. The second-order valence-corrected chi connectivity index (χ2v) is 4.54. The van der Waals surface area contributed by atoms with Gasteiger partial charge in [0, 0.05) is 0 Å². The first-order valence-corrected chi connectivity index (χ1v) is 4.53. The van der Waals surface area contributed by atoms with Gasteiger partial charge in [0.15, 0.2) is 0 Å². The number of hydrogen-bond acceptors (Lipinski definition) is 3. The third kappa shape index (κ3) is 6.54. The van der Waals surface area contributed by atoms with Gasteiger partial charge in [0.2, 0.25) is 0 Å². The molecular formula is C9H21N2O2+. The summed E-state index contributed by atoms with van der Waals surface area (Å²) in [5.74, 6) is 0.0798. The molecule has 4 heteroatoms. The Labute approximate surface area is 80.2 Å². The van der Waals surface area contributed by atoms with Crippen LogP contribution in [0.5, 0.6) is 0 Å². The zero-order chi connectivity index (χ0) is 10.6. The normalized spacial score (nSPS) is 14.4. The Morgan fingerprint density at radius 2 is 1.85 bits per heavy atom. The lowest BCUT2D eigenvalue weighted by atomic mass is 10.1. The van der Waals surface area contributed by atoms with Gasteiger partial charge in [0.1, 0.15) is 27.2 Å². The Balaban J connectivity index is 3.97. The van der Waals surface area contributed by atoms with Crippen molar-refractivity contribution in [3.63, 3.8) is 0 Å². The zero-order valence-corrected chi connectivity index (χ0v) is 9.20. The molecule has 1 atom stereocenters. The van der Waals surface area contributed by atoms with Crippen LogP contribution < -0.4 is 5.73 Å². The molecule has 1 unspecified atom stereocenters. The number of nitrogens with zero attached hydrogens (tertiary/aromatic N) is 1. The first-order valence-electron chi connectivity index (χ1n) is 4.53. The molecule has 0 aliphatic carbocycles. The molecule has 0 spiro atoms. The van der Waals surface area contributed by atoms with Crippen LogP contribution >= 0.6 is 0 Å². The summed E-state index contributed by atoms with van der Waals surface area (Å²) in [6.07, 6.45) is 0.666. The van der Waals surface area contributed by atoms with E-state index in [1.54, 1.807) is 21.1 Å². The van der Waals surface area contributed by atoms with Gasteiger partial charge in [-0.2, -0.15) is 0 Å². The van der Waals surface area contributed by atoms with Crippen LogP contribution in [0.1, 0.15) is 20.3 Å². The third-order valence-electron chi connectivity index (χ3n) is 1.39. The average Bonchev–Trinajstić information content (AvgIpc) is 1.81. The molecule has 0 radical (unpaired) electrons. The van der Waals surface area contributed by atoms with E-state index in [4.69, 9.17) is 10.6 Å². The van der Waals surface area contributed by atoms with Gasteiger partial charge in [-0.1, -0.05) is 13.8 Å². The summed E-state index contributed by atoms with van der Waals surface area (Å²) >= 11 is 0. The van der Waals surface area contributed by atoms with Crippen LogP contribution in [0.2, 0.25) is 0 Å². The van der Waals surface area contributed by atoms with Gasteiger partial charge in [-0.15, -0.1) is 4.65 Å². The van der Waals surface area contributed by atoms with Gasteiger partial charge < -0.3 is 5.73 Å². The highest BCUT2D eigenvalue weighted by Crippen LogP contribution is 2.05. The minimum atomic E-state index is -0.502. The summed E-state index contributed by atoms with van der Waals surface area (Å²) in [5.41, 5.74) is 5.64. The molecule has 0 aromatic carbocycles. The maximum atomic E-state index is 11.3. The molecule has 0 heterocycles. The van der Waals surface area contributed by atoms with Crippen LogP contribution in [0.3, 0.4) is 0 Å². The lowest BCUT2D eigenvalue weighted by Crippen LogP contribution is -2.44. The summed E-state index contributed by atoms with van der Waals surface area (Å²) in [6, 6.07) is -0.502. The Bertz CT molecular complexity index is 173. The second kappa shape index (κ2) is 4.58. The zero-order valence-electron chi connectivity index (χ0n) is 9.20.